The van der Waals surface area contributed by atoms with Crippen molar-refractivity contribution in [2.45, 2.75) is 38.0 Å². The fraction of sp³-hybridized carbons (Fsp3) is 0.368. The molecule has 1 amide bonds. The monoisotopic (exact) mass is 362 g/mol. The molecule has 2 rings (SSSR count). The van der Waals surface area contributed by atoms with Gasteiger partial charge in [-0.15, -0.1) is 0 Å². The first-order chi connectivity index (χ1) is 11.5. The quantitative estimate of drug-likeness (QED) is 0.695. The molecule has 1 aliphatic heterocycles. The van der Waals surface area contributed by atoms with Crippen LogP contribution in [-0.4, -0.2) is 29.6 Å². The van der Waals surface area contributed by atoms with Crippen molar-refractivity contribution < 1.29 is 4.79 Å². The summed E-state index contributed by atoms with van der Waals surface area (Å²) in [5.41, 5.74) is 1.81. The SMILES string of the molecule is CCCCN(C)C(=O)C/C=C\C1=C(C)N=C(Cl)c2ccccc2S1. The average Bonchev–Trinajstić information content (AvgIpc) is 2.69. The van der Waals surface area contributed by atoms with Gasteiger partial charge in [0.25, 0.3) is 0 Å². The minimum Gasteiger partial charge on any atom is -0.345 e. The minimum atomic E-state index is 0.138. The van der Waals surface area contributed by atoms with E-state index in [1.807, 2.05) is 50.4 Å². The molecular weight excluding hydrogens is 340 g/mol. The van der Waals surface area contributed by atoms with Crippen LogP contribution in [0.2, 0.25) is 0 Å². The van der Waals surface area contributed by atoms with E-state index in [4.69, 9.17) is 11.6 Å². The van der Waals surface area contributed by atoms with Crippen molar-refractivity contribution in [1.82, 2.24) is 4.90 Å². The molecule has 0 fully saturated rings. The number of rotatable bonds is 6. The van der Waals surface area contributed by atoms with Gasteiger partial charge >= 0.3 is 0 Å². The number of unbranched alkanes of at least 4 members (excludes halogenated alkanes) is 1. The van der Waals surface area contributed by atoms with E-state index in [0.29, 0.717) is 11.6 Å². The van der Waals surface area contributed by atoms with E-state index < -0.39 is 0 Å². The Hall–Kier alpha value is -1.52. The summed E-state index contributed by atoms with van der Waals surface area (Å²) < 4.78 is 0. The third-order valence-corrected chi connectivity index (χ3v) is 5.30. The van der Waals surface area contributed by atoms with E-state index in [2.05, 4.69) is 11.9 Å². The molecule has 3 nitrogen and oxygen atoms in total. The third kappa shape index (κ3) is 4.99. The van der Waals surface area contributed by atoms with Crippen LogP contribution in [0.5, 0.6) is 0 Å². The van der Waals surface area contributed by atoms with Crippen molar-refractivity contribution in [3.05, 3.63) is 52.6 Å². The van der Waals surface area contributed by atoms with E-state index in [1.54, 1.807) is 16.7 Å². The maximum absolute atomic E-state index is 12.1. The Balaban J connectivity index is 2.07. The summed E-state index contributed by atoms with van der Waals surface area (Å²) >= 11 is 7.94. The van der Waals surface area contributed by atoms with Gasteiger partial charge in [0, 0.05) is 35.4 Å². The smallest absolute Gasteiger partial charge is 0.226 e. The highest BCUT2D eigenvalue weighted by atomic mass is 35.5. The van der Waals surface area contributed by atoms with E-state index in [0.717, 1.165) is 40.4 Å². The van der Waals surface area contributed by atoms with Crippen molar-refractivity contribution in [1.29, 1.82) is 0 Å². The van der Waals surface area contributed by atoms with Gasteiger partial charge < -0.3 is 4.90 Å². The number of halogens is 1. The molecule has 0 unspecified atom stereocenters. The summed E-state index contributed by atoms with van der Waals surface area (Å²) in [6.45, 7) is 4.88. The van der Waals surface area contributed by atoms with Gasteiger partial charge in [0.05, 0.1) is 5.70 Å². The number of hydrogen-bond donors (Lipinski definition) is 0. The molecule has 0 aliphatic carbocycles. The molecule has 1 heterocycles. The number of nitrogens with zero attached hydrogens (tertiary/aromatic N) is 2. The maximum atomic E-state index is 12.1. The molecule has 0 spiro atoms. The van der Waals surface area contributed by atoms with Crippen LogP contribution in [0.3, 0.4) is 0 Å². The molecule has 0 N–H and O–H groups in total. The van der Waals surface area contributed by atoms with E-state index >= 15 is 0 Å². The van der Waals surface area contributed by atoms with Crippen molar-refractivity contribution in [3.63, 3.8) is 0 Å². The predicted molar refractivity (Wildman–Crippen MR) is 104 cm³/mol. The number of carbonyl (C=O) groups is 1. The standard InChI is InChI=1S/C19H23ClN2OS/c1-4-5-13-22(3)18(23)12-8-11-16-14(2)21-19(20)15-9-6-7-10-17(15)24-16/h6-11H,4-5,12-13H2,1-3H3/b11-8-. The van der Waals surface area contributed by atoms with Crippen molar-refractivity contribution >= 4 is 34.4 Å². The Bertz CT molecular complexity index is 694. The summed E-state index contributed by atoms with van der Waals surface area (Å²) in [6.07, 6.45) is 6.41. The average molecular weight is 363 g/mol. The lowest BCUT2D eigenvalue weighted by Gasteiger charge is -2.15. The molecule has 1 aromatic carbocycles. The van der Waals surface area contributed by atoms with Crippen LogP contribution in [0.25, 0.3) is 0 Å². The first-order valence-corrected chi connectivity index (χ1v) is 9.35. The second-order valence-corrected chi connectivity index (χ2v) is 7.17. The largest absolute Gasteiger partial charge is 0.345 e. The van der Waals surface area contributed by atoms with Gasteiger partial charge in [-0.05, 0) is 25.5 Å². The van der Waals surface area contributed by atoms with Crippen LogP contribution < -0.4 is 0 Å². The van der Waals surface area contributed by atoms with Gasteiger partial charge in [-0.1, -0.05) is 61.0 Å². The number of hydrogen-bond acceptors (Lipinski definition) is 3. The van der Waals surface area contributed by atoms with Crippen LogP contribution in [0.15, 0.2) is 56.9 Å². The molecule has 0 saturated heterocycles. The normalized spacial score (nSPS) is 14.4. The second kappa shape index (κ2) is 9.09. The number of amides is 1. The topological polar surface area (TPSA) is 32.7 Å². The number of fused-ring (bicyclic) bond motifs is 1. The Kier molecular flexibility index (Phi) is 7.13. The zero-order valence-electron chi connectivity index (χ0n) is 14.4. The van der Waals surface area contributed by atoms with E-state index in [1.165, 1.54) is 0 Å². The van der Waals surface area contributed by atoms with Gasteiger partial charge in [0.2, 0.25) is 5.91 Å². The number of allylic oxidation sites excluding steroid dienone is 2. The predicted octanol–water partition coefficient (Wildman–Crippen LogP) is 5.21. The summed E-state index contributed by atoms with van der Waals surface area (Å²) in [4.78, 5) is 20.4. The first-order valence-electron chi connectivity index (χ1n) is 8.15. The highest BCUT2D eigenvalue weighted by Crippen LogP contribution is 2.36. The number of benzene rings is 1. The number of thioether (sulfide) groups is 1. The van der Waals surface area contributed by atoms with Crippen molar-refractivity contribution in [3.8, 4) is 0 Å². The third-order valence-electron chi connectivity index (χ3n) is 3.79. The molecule has 1 aliphatic rings. The lowest BCUT2D eigenvalue weighted by molar-refractivity contribution is -0.129. The van der Waals surface area contributed by atoms with Crippen molar-refractivity contribution in [2.75, 3.05) is 13.6 Å². The van der Waals surface area contributed by atoms with Gasteiger partial charge in [0.15, 0.2) is 0 Å². The highest BCUT2D eigenvalue weighted by Gasteiger charge is 2.14. The Morgan fingerprint density at radius 3 is 2.88 bits per heavy atom. The molecule has 5 heteroatoms. The summed E-state index contributed by atoms with van der Waals surface area (Å²) in [6, 6.07) is 7.96. The van der Waals surface area contributed by atoms with Gasteiger partial charge in [-0.2, -0.15) is 0 Å². The first kappa shape index (κ1) is 18.8. The molecule has 0 bridgehead atoms. The van der Waals surface area contributed by atoms with E-state index in [9.17, 15) is 4.79 Å². The summed E-state index contributed by atoms with van der Waals surface area (Å²) in [5.74, 6) is 0.138. The van der Waals surface area contributed by atoms with Crippen LogP contribution in [0, 0.1) is 0 Å². The number of aliphatic imine (C=N–C) groups is 1. The molecule has 1 aromatic rings. The lowest BCUT2D eigenvalue weighted by Crippen LogP contribution is -2.26. The zero-order chi connectivity index (χ0) is 17.5. The Labute approximate surface area is 153 Å². The van der Waals surface area contributed by atoms with Crippen LogP contribution in [0.4, 0.5) is 0 Å². The maximum Gasteiger partial charge on any atom is 0.226 e. The molecular formula is C19H23ClN2OS. The second-order valence-electron chi connectivity index (χ2n) is 5.73. The molecule has 0 radical (unpaired) electrons. The highest BCUT2D eigenvalue weighted by molar-refractivity contribution is 8.03. The zero-order valence-corrected chi connectivity index (χ0v) is 16.0. The molecule has 24 heavy (non-hydrogen) atoms. The van der Waals surface area contributed by atoms with Gasteiger partial charge in [-0.3, -0.25) is 4.79 Å². The lowest BCUT2D eigenvalue weighted by atomic mass is 10.2. The minimum absolute atomic E-state index is 0.138. The fourth-order valence-electron chi connectivity index (χ4n) is 2.28. The van der Waals surface area contributed by atoms with E-state index in [-0.39, 0.29) is 5.91 Å². The molecule has 0 aromatic heterocycles. The number of carbonyl (C=O) groups excluding carboxylic acids is 1. The molecule has 0 saturated carbocycles. The molecule has 0 atom stereocenters. The Morgan fingerprint density at radius 2 is 2.12 bits per heavy atom. The van der Waals surface area contributed by atoms with Crippen LogP contribution in [-0.2, 0) is 4.79 Å². The fourth-order valence-corrected chi connectivity index (χ4v) is 3.64. The van der Waals surface area contributed by atoms with Gasteiger partial charge in [-0.25, -0.2) is 4.99 Å². The van der Waals surface area contributed by atoms with Gasteiger partial charge in [0.1, 0.15) is 5.17 Å². The summed E-state index contributed by atoms with van der Waals surface area (Å²) in [7, 11) is 1.86. The van der Waals surface area contributed by atoms with Crippen LogP contribution >= 0.6 is 23.4 Å². The molecule has 128 valence electrons. The summed E-state index contributed by atoms with van der Waals surface area (Å²) in [5, 5.41) is 0.509. The van der Waals surface area contributed by atoms with Crippen molar-refractivity contribution in [2.24, 2.45) is 4.99 Å². The van der Waals surface area contributed by atoms with Crippen LogP contribution in [0.1, 0.15) is 38.7 Å². The Morgan fingerprint density at radius 1 is 1.38 bits per heavy atom.